The van der Waals surface area contributed by atoms with Gasteiger partial charge in [0.2, 0.25) is 5.91 Å². The summed E-state index contributed by atoms with van der Waals surface area (Å²) in [6, 6.07) is 16.2. The van der Waals surface area contributed by atoms with E-state index in [4.69, 9.17) is 0 Å². The average molecular weight is 424 g/mol. The molecule has 0 fully saturated rings. The van der Waals surface area contributed by atoms with Crippen LogP contribution < -0.4 is 10.9 Å². The van der Waals surface area contributed by atoms with Gasteiger partial charge in [0.1, 0.15) is 0 Å². The zero-order chi connectivity index (χ0) is 21.5. The molecule has 1 amide bonds. The largest absolute Gasteiger partial charge is 0.345 e. The Balaban J connectivity index is 1.73. The standard InChI is InChI=1S/C23H25N3O3S/c1-3-13-26-22(29)18-11-7-8-12-19(18)25-23(26)30-15-21(28)24-20(16(2)27)14-17-9-5-4-6-10-17/h4-12,20H,3,13-15H2,1-2H3,(H,24,28)/t20-/m0/s1. The summed E-state index contributed by atoms with van der Waals surface area (Å²) in [7, 11) is 0. The molecule has 0 radical (unpaired) electrons. The Labute approximate surface area is 179 Å². The van der Waals surface area contributed by atoms with Crippen molar-refractivity contribution >= 4 is 34.4 Å². The molecule has 1 N–H and O–H groups in total. The first-order valence-corrected chi connectivity index (χ1v) is 10.9. The van der Waals surface area contributed by atoms with E-state index < -0.39 is 6.04 Å². The van der Waals surface area contributed by atoms with Crippen molar-refractivity contribution in [3.05, 3.63) is 70.5 Å². The summed E-state index contributed by atoms with van der Waals surface area (Å²) >= 11 is 1.21. The molecule has 0 aliphatic heterocycles. The third kappa shape index (κ3) is 5.36. The quantitative estimate of drug-likeness (QED) is 0.422. The molecule has 1 heterocycles. The maximum Gasteiger partial charge on any atom is 0.262 e. The number of ketones is 1. The highest BCUT2D eigenvalue weighted by atomic mass is 32.2. The number of nitrogens with zero attached hydrogens (tertiary/aromatic N) is 2. The van der Waals surface area contributed by atoms with Crippen molar-refractivity contribution < 1.29 is 9.59 Å². The minimum absolute atomic E-state index is 0.0765. The van der Waals surface area contributed by atoms with E-state index in [1.807, 2.05) is 49.4 Å². The van der Waals surface area contributed by atoms with Gasteiger partial charge >= 0.3 is 0 Å². The first-order valence-electron chi connectivity index (χ1n) is 9.95. The first kappa shape index (κ1) is 21.8. The Kier molecular flexibility index (Phi) is 7.41. The van der Waals surface area contributed by atoms with Crippen LogP contribution in [-0.2, 0) is 22.6 Å². The smallest absolute Gasteiger partial charge is 0.262 e. The number of thioether (sulfide) groups is 1. The van der Waals surface area contributed by atoms with Crippen LogP contribution in [0.5, 0.6) is 0 Å². The summed E-state index contributed by atoms with van der Waals surface area (Å²) in [5.74, 6) is -0.280. The minimum atomic E-state index is -0.581. The van der Waals surface area contributed by atoms with Crippen molar-refractivity contribution in [3.8, 4) is 0 Å². The van der Waals surface area contributed by atoms with Gasteiger partial charge in [0, 0.05) is 6.54 Å². The van der Waals surface area contributed by atoms with E-state index in [1.54, 1.807) is 16.7 Å². The van der Waals surface area contributed by atoms with E-state index in [-0.39, 0.29) is 23.0 Å². The number of rotatable bonds is 9. The predicted molar refractivity (Wildman–Crippen MR) is 120 cm³/mol. The second-order valence-electron chi connectivity index (χ2n) is 7.08. The Bertz CT molecular complexity index is 1100. The summed E-state index contributed by atoms with van der Waals surface area (Å²) in [5, 5.41) is 3.89. The number of fused-ring (bicyclic) bond motifs is 1. The zero-order valence-electron chi connectivity index (χ0n) is 17.1. The number of carbonyl (C=O) groups is 2. The molecule has 0 spiro atoms. The van der Waals surface area contributed by atoms with E-state index in [9.17, 15) is 14.4 Å². The highest BCUT2D eigenvalue weighted by molar-refractivity contribution is 7.99. The fourth-order valence-corrected chi connectivity index (χ4v) is 4.03. The zero-order valence-corrected chi connectivity index (χ0v) is 17.9. The summed E-state index contributed by atoms with van der Waals surface area (Å²) in [6.07, 6.45) is 1.23. The molecule has 0 bridgehead atoms. The number of hydrogen-bond donors (Lipinski definition) is 1. The van der Waals surface area contributed by atoms with Crippen molar-refractivity contribution in [3.63, 3.8) is 0 Å². The highest BCUT2D eigenvalue weighted by Gasteiger charge is 2.19. The number of aromatic nitrogens is 2. The summed E-state index contributed by atoms with van der Waals surface area (Å²) < 4.78 is 1.62. The third-order valence-electron chi connectivity index (χ3n) is 4.71. The van der Waals surface area contributed by atoms with Crippen LogP contribution in [0, 0.1) is 0 Å². The van der Waals surface area contributed by atoms with Crippen molar-refractivity contribution in [1.29, 1.82) is 0 Å². The van der Waals surface area contributed by atoms with Crippen LogP contribution in [0.4, 0.5) is 0 Å². The highest BCUT2D eigenvalue weighted by Crippen LogP contribution is 2.18. The maximum absolute atomic E-state index is 12.8. The molecule has 156 valence electrons. The molecular formula is C23H25N3O3S. The number of nitrogens with one attached hydrogen (secondary N) is 1. The van der Waals surface area contributed by atoms with Crippen LogP contribution in [0.1, 0.15) is 25.8 Å². The molecule has 0 unspecified atom stereocenters. The summed E-state index contributed by atoms with van der Waals surface area (Å²) in [5.41, 5.74) is 1.50. The van der Waals surface area contributed by atoms with Gasteiger partial charge in [-0.15, -0.1) is 0 Å². The van der Waals surface area contributed by atoms with Gasteiger partial charge in [-0.1, -0.05) is 61.2 Å². The Morgan fingerprint density at radius 3 is 2.50 bits per heavy atom. The minimum Gasteiger partial charge on any atom is -0.345 e. The molecule has 3 aromatic rings. The number of amides is 1. The fourth-order valence-electron chi connectivity index (χ4n) is 3.19. The van der Waals surface area contributed by atoms with Gasteiger partial charge in [0.05, 0.1) is 22.7 Å². The van der Waals surface area contributed by atoms with Crippen LogP contribution in [0.15, 0.2) is 64.5 Å². The Morgan fingerprint density at radius 2 is 1.80 bits per heavy atom. The van der Waals surface area contributed by atoms with Crippen LogP contribution in [0.2, 0.25) is 0 Å². The second-order valence-corrected chi connectivity index (χ2v) is 8.02. The van der Waals surface area contributed by atoms with Crippen LogP contribution in [-0.4, -0.2) is 33.0 Å². The molecule has 0 aliphatic rings. The fraction of sp³-hybridized carbons (Fsp3) is 0.304. The summed E-state index contributed by atoms with van der Waals surface area (Å²) in [4.78, 5) is 42.0. The van der Waals surface area contributed by atoms with Crippen LogP contribution in [0.3, 0.4) is 0 Å². The predicted octanol–water partition coefficient (Wildman–Crippen LogP) is 3.22. The molecule has 7 heteroatoms. The number of Topliss-reactive ketones (excluding diaryl/α,β-unsaturated/α-hetero) is 1. The van der Waals surface area contributed by atoms with Crippen LogP contribution in [0.25, 0.3) is 10.9 Å². The van der Waals surface area contributed by atoms with Gasteiger partial charge in [-0.2, -0.15) is 0 Å². The molecule has 1 atom stereocenters. The summed E-state index contributed by atoms with van der Waals surface area (Å²) in [6.45, 7) is 4.00. The molecule has 0 saturated carbocycles. The monoisotopic (exact) mass is 423 g/mol. The van der Waals surface area contributed by atoms with E-state index in [2.05, 4.69) is 10.3 Å². The number of benzene rings is 2. The molecule has 0 saturated heterocycles. The van der Waals surface area contributed by atoms with E-state index in [1.165, 1.54) is 18.7 Å². The number of para-hydroxylation sites is 1. The van der Waals surface area contributed by atoms with Crippen molar-refractivity contribution in [2.45, 2.75) is 44.4 Å². The van der Waals surface area contributed by atoms with Crippen molar-refractivity contribution in [2.24, 2.45) is 0 Å². The topological polar surface area (TPSA) is 81.1 Å². The molecule has 6 nitrogen and oxygen atoms in total. The molecule has 2 aromatic carbocycles. The van der Waals surface area contributed by atoms with E-state index >= 15 is 0 Å². The van der Waals surface area contributed by atoms with E-state index in [0.717, 1.165) is 12.0 Å². The Morgan fingerprint density at radius 1 is 1.10 bits per heavy atom. The lowest BCUT2D eigenvalue weighted by Crippen LogP contribution is -2.42. The Hall–Kier alpha value is -2.93. The van der Waals surface area contributed by atoms with Gasteiger partial charge < -0.3 is 5.32 Å². The normalized spacial score (nSPS) is 11.9. The second kappa shape index (κ2) is 10.2. The lowest BCUT2D eigenvalue weighted by Gasteiger charge is -2.16. The molecule has 0 aliphatic carbocycles. The van der Waals surface area contributed by atoms with Crippen molar-refractivity contribution in [1.82, 2.24) is 14.9 Å². The molecule has 30 heavy (non-hydrogen) atoms. The average Bonchev–Trinajstić information content (AvgIpc) is 2.75. The molecule has 1 aromatic heterocycles. The van der Waals surface area contributed by atoms with Gasteiger partial charge in [0.15, 0.2) is 10.9 Å². The number of carbonyl (C=O) groups excluding carboxylic acids is 2. The third-order valence-corrected chi connectivity index (χ3v) is 5.69. The lowest BCUT2D eigenvalue weighted by atomic mass is 10.0. The molecular weight excluding hydrogens is 398 g/mol. The van der Waals surface area contributed by atoms with Gasteiger partial charge in [0.25, 0.3) is 5.56 Å². The van der Waals surface area contributed by atoms with Crippen molar-refractivity contribution in [2.75, 3.05) is 5.75 Å². The maximum atomic E-state index is 12.8. The number of hydrogen-bond acceptors (Lipinski definition) is 5. The lowest BCUT2D eigenvalue weighted by molar-refractivity contribution is -0.125. The van der Waals surface area contributed by atoms with E-state index in [0.29, 0.717) is 29.0 Å². The molecule has 3 rings (SSSR count). The first-order chi connectivity index (χ1) is 14.5. The van der Waals surface area contributed by atoms with Gasteiger partial charge in [-0.05, 0) is 37.5 Å². The van der Waals surface area contributed by atoms with Crippen LogP contribution >= 0.6 is 11.8 Å². The van der Waals surface area contributed by atoms with Gasteiger partial charge in [-0.25, -0.2) is 4.98 Å². The SMILES string of the molecule is CCCn1c(SCC(=O)N[C@@H](Cc2ccccc2)C(C)=O)nc2ccccc2c1=O. The van der Waals surface area contributed by atoms with Gasteiger partial charge in [-0.3, -0.25) is 19.0 Å².